The second kappa shape index (κ2) is 8.92. The topological polar surface area (TPSA) is 145 Å². The molecular weight excluding hydrogens is 426 g/mol. The predicted octanol–water partition coefficient (Wildman–Crippen LogP) is 1.75. The van der Waals surface area contributed by atoms with Crippen LogP contribution in [0.1, 0.15) is 10.4 Å². The number of amides is 2. The van der Waals surface area contributed by atoms with Gasteiger partial charge in [-0.15, -0.1) is 11.3 Å². The van der Waals surface area contributed by atoms with Gasteiger partial charge in [-0.3, -0.25) is 29.1 Å². The summed E-state index contributed by atoms with van der Waals surface area (Å²) in [6.07, 6.45) is 1.30. The van der Waals surface area contributed by atoms with Crippen LogP contribution in [0.25, 0.3) is 10.2 Å². The first kappa shape index (κ1) is 21.9. The first-order valence-corrected chi connectivity index (χ1v) is 9.87. The van der Waals surface area contributed by atoms with Crippen LogP contribution in [-0.4, -0.2) is 39.9 Å². The number of benzene rings is 1. The maximum atomic E-state index is 12.6. The SMILES string of the molecule is COc1ccc([N+](=O)[O-])cc1NC(=O)CNC(=O)Cn1cnc2sc(C)c(C)c2c1=O. The minimum atomic E-state index is -0.614. The molecule has 12 heteroatoms. The molecule has 0 aliphatic rings. The van der Waals surface area contributed by atoms with E-state index in [4.69, 9.17) is 4.74 Å². The highest BCUT2D eigenvalue weighted by Gasteiger charge is 2.16. The van der Waals surface area contributed by atoms with Crippen molar-refractivity contribution in [3.8, 4) is 5.75 Å². The first-order valence-electron chi connectivity index (χ1n) is 9.05. The van der Waals surface area contributed by atoms with E-state index in [1.807, 2.05) is 13.8 Å². The number of non-ortho nitro benzene ring substituents is 1. The van der Waals surface area contributed by atoms with Crippen molar-refractivity contribution >= 4 is 44.7 Å². The number of nitrogens with zero attached hydrogens (tertiary/aromatic N) is 3. The van der Waals surface area contributed by atoms with Crippen LogP contribution < -0.4 is 20.9 Å². The molecule has 0 aliphatic carbocycles. The summed E-state index contributed by atoms with van der Waals surface area (Å²) >= 11 is 1.41. The average molecular weight is 445 g/mol. The van der Waals surface area contributed by atoms with Crippen LogP contribution in [0.3, 0.4) is 0 Å². The Morgan fingerprint density at radius 1 is 1.29 bits per heavy atom. The van der Waals surface area contributed by atoms with E-state index in [-0.39, 0.29) is 29.2 Å². The molecule has 0 saturated heterocycles. The lowest BCUT2D eigenvalue weighted by atomic mass is 10.2. The van der Waals surface area contributed by atoms with Crippen LogP contribution >= 0.6 is 11.3 Å². The molecule has 3 rings (SSSR count). The van der Waals surface area contributed by atoms with Crippen molar-refractivity contribution in [2.45, 2.75) is 20.4 Å². The fraction of sp³-hybridized carbons (Fsp3) is 0.263. The molecule has 0 atom stereocenters. The largest absolute Gasteiger partial charge is 0.495 e. The lowest BCUT2D eigenvalue weighted by molar-refractivity contribution is -0.384. The molecule has 0 saturated carbocycles. The second-order valence-electron chi connectivity index (χ2n) is 6.61. The molecule has 0 unspecified atom stereocenters. The van der Waals surface area contributed by atoms with E-state index in [1.165, 1.54) is 41.5 Å². The summed E-state index contributed by atoms with van der Waals surface area (Å²) in [5, 5.41) is 16.3. The number of aromatic nitrogens is 2. The molecule has 0 radical (unpaired) electrons. The van der Waals surface area contributed by atoms with E-state index < -0.39 is 23.3 Å². The summed E-state index contributed by atoms with van der Waals surface area (Å²) < 4.78 is 6.26. The number of hydrogen-bond acceptors (Lipinski definition) is 8. The van der Waals surface area contributed by atoms with Gasteiger partial charge in [-0.2, -0.15) is 0 Å². The number of nitrogens with one attached hydrogen (secondary N) is 2. The lowest BCUT2D eigenvalue weighted by Gasteiger charge is -2.11. The number of thiophene rings is 1. The van der Waals surface area contributed by atoms with Crippen molar-refractivity contribution < 1.29 is 19.2 Å². The van der Waals surface area contributed by atoms with Gasteiger partial charge in [-0.1, -0.05) is 0 Å². The third kappa shape index (κ3) is 4.69. The van der Waals surface area contributed by atoms with Crippen LogP contribution in [0, 0.1) is 24.0 Å². The fourth-order valence-electron chi connectivity index (χ4n) is 2.87. The van der Waals surface area contributed by atoms with Crippen molar-refractivity contribution in [3.63, 3.8) is 0 Å². The summed E-state index contributed by atoms with van der Waals surface area (Å²) in [4.78, 5) is 53.2. The van der Waals surface area contributed by atoms with Gasteiger partial charge in [-0.25, -0.2) is 4.98 Å². The zero-order valence-electron chi connectivity index (χ0n) is 16.9. The molecule has 11 nitrogen and oxygen atoms in total. The van der Waals surface area contributed by atoms with Crippen molar-refractivity contribution in [2.75, 3.05) is 19.0 Å². The van der Waals surface area contributed by atoms with E-state index >= 15 is 0 Å². The molecule has 31 heavy (non-hydrogen) atoms. The van der Waals surface area contributed by atoms with Gasteiger partial charge in [0.25, 0.3) is 11.2 Å². The molecule has 0 fully saturated rings. The van der Waals surface area contributed by atoms with Gasteiger partial charge in [0.1, 0.15) is 17.1 Å². The van der Waals surface area contributed by atoms with Crippen LogP contribution in [0.5, 0.6) is 5.75 Å². The number of hydrogen-bond donors (Lipinski definition) is 2. The Bertz CT molecular complexity index is 1250. The molecule has 162 valence electrons. The minimum Gasteiger partial charge on any atom is -0.495 e. The van der Waals surface area contributed by atoms with Gasteiger partial charge < -0.3 is 15.4 Å². The van der Waals surface area contributed by atoms with Gasteiger partial charge in [0.15, 0.2) is 0 Å². The van der Waals surface area contributed by atoms with Crippen molar-refractivity contribution in [1.29, 1.82) is 0 Å². The molecule has 0 aliphatic heterocycles. The Hall–Kier alpha value is -3.80. The van der Waals surface area contributed by atoms with E-state index in [2.05, 4.69) is 15.6 Å². The van der Waals surface area contributed by atoms with E-state index in [0.717, 1.165) is 16.5 Å². The maximum absolute atomic E-state index is 12.6. The molecule has 0 spiro atoms. The number of carbonyl (C=O) groups is 2. The molecule has 1 aromatic carbocycles. The van der Waals surface area contributed by atoms with Crippen LogP contribution in [0.15, 0.2) is 29.3 Å². The smallest absolute Gasteiger partial charge is 0.271 e. The Kier molecular flexibility index (Phi) is 6.30. The molecule has 2 heterocycles. The molecule has 2 aromatic heterocycles. The third-order valence-corrected chi connectivity index (χ3v) is 5.70. The standard InChI is InChI=1S/C19H19N5O6S/c1-10-11(2)31-18-17(10)19(27)23(9-21-18)8-16(26)20-7-15(25)22-13-6-12(24(28)29)4-5-14(13)30-3/h4-6,9H,7-8H2,1-3H3,(H,20,26)(H,22,25). The number of ether oxygens (including phenoxy) is 1. The highest BCUT2D eigenvalue weighted by molar-refractivity contribution is 7.18. The van der Waals surface area contributed by atoms with Crippen molar-refractivity contribution in [1.82, 2.24) is 14.9 Å². The summed E-state index contributed by atoms with van der Waals surface area (Å²) in [6, 6.07) is 3.76. The van der Waals surface area contributed by atoms with Crippen LogP contribution in [0.2, 0.25) is 0 Å². The molecule has 2 amide bonds. The average Bonchev–Trinajstić information content (AvgIpc) is 3.02. The van der Waals surface area contributed by atoms with Crippen LogP contribution in [0.4, 0.5) is 11.4 Å². The number of rotatable bonds is 7. The normalized spacial score (nSPS) is 10.7. The van der Waals surface area contributed by atoms with Crippen molar-refractivity contribution in [3.05, 3.63) is 55.4 Å². The number of nitro groups is 1. The van der Waals surface area contributed by atoms with Gasteiger partial charge in [-0.05, 0) is 25.5 Å². The first-order chi connectivity index (χ1) is 14.7. The molecular formula is C19H19N5O6S. The van der Waals surface area contributed by atoms with Crippen molar-refractivity contribution in [2.24, 2.45) is 0 Å². The summed E-state index contributed by atoms with van der Waals surface area (Å²) in [6.45, 7) is 3.02. The highest BCUT2D eigenvalue weighted by Crippen LogP contribution is 2.28. The summed E-state index contributed by atoms with van der Waals surface area (Å²) in [5.74, 6) is -0.941. The summed E-state index contributed by atoms with van der Waals surface area (Å²) in [7, 11) is 1.36. The van der Waals surface area contributed by atoms with E-state index in [1.54, 1.807) is 0 Å². The van der Waals surface area contributed by atoms with Crippen LogP contribution in [-0.2, 0) is 16.1 Å². The van der Waals surface area contributed by atoms with Gasteiger partial charge in [0.2, 0.25) is 11.8 Å². The monoisotopic (exact) mass is 445 g/mol. The Morgan fingerprint density at radius 2 is 2.03 bits per heavy atom. The maximum Gasteiger partial charge on any atom is 0.271 e. The Morgan fingerprint density at radius 3 is 2.71 bits per heavy atom. The lowest BCUT2D eigenvalue weighted by Crippen LogP contribution is -2.37. The molecule has 0 bridgehead atoms. The number of aryl methyl sites for hydroxylation is 2. The highest BCUT2D eigenvalue weighted by atomic mass is 32.1. The van der Waals surface area contributed by atoms with Gasteiger partial charge in [0, 0.05) is 17.0 Å². The number of carbonyl (C=O) groups excluding carboxylic acids is 2. The van der Waals surface area contributed by atoms with E-state index in [9.17, 15) is 24.5 Å². The third-order valence-electron chi connectivity index (χ3n) is 4.58. The second-order valence-corrected chi connectivity index (χ2v) is 7.81. The molecule has 3 aromatic rings. The predicted molar refractivity (Wildman–Crippen MR) is 115 cm³/mol. The zero-order valence-corrected chi connectivity index (χ0v) is 17.7. The number of anilines is 1. The Balaban J connectivity index is 1.65. The fourth-order valence-corrected chi connectivity index (χ4v) is 3.86. The minimum absolute atomic E-state index is 0.102. The van der Waals surface area contributed by atoms with Gasteiger partial charge >= 0.3 is 0 Å². The number of methoxy groups -OCH3 is 1. The number of nitro benzene ring substituents is 1. The number of fused-ring (bicyclic) bond motifs is 1. The van der Waals surface area contributed by atoms with E-state index in [0.29, 0.717) is 10.2 Å². The molecule has 2 N–H and O–H groups in total. The zero-order chi connectivity index (χ0) is 22.7. The van der Waals surface area contributed by atoms with Gasteiger partial charge in [0.05, 0.1) is 36.0 Å². The quantitative estimate of drug-likeness (QED) is 0.416. The Labute approximate surface area is 179 Å². The summed E-state index contributed by atoms with van der Waals surface area (Å²) in [5.41, 5.74) is 0.386.